The third-order valence-electron chi connectivity index (χ3n) is 3.31. The van der Waals surface area contributed by atoms with Gasteiger partial charge in [-0.2, -0.15) is 5.26 Å². The van der Waals surface area contributed by atoms with Crippen LogP contribution in [0.1, 0.15) is 22.8 Å². The zero-order valence-electron chi connectivity index (χ0n) is 13.2. The zero-order chi connectivity index (χ0) is 17.5. The Balaban J connectivity index is 2.03. The molecule has 0 aliphatic rings. The lowest BCUT2D eigenvalue weighted by molar-refractivity contribution is -0.117. The predicted molar refractivity (Wildman–Crippen MR) is 89.3 cm³/mol. The van der Waals surface area contributed by atoms with Crippen LogP contribution in [0.4, 0.5) is 0 Å². The van der Waals surface area contributed by atoms with Crippen LogP contribution in [0.15, 0.2) is 65.9 Å². The molecule has 0 atom stereocenters. The fourth-order valence-electron chi connectivity index (χ4n) is 2.05. The molecular weight excluding hydrogens is 304 g/mol. The SMILES string of the molecule is C/C(N)=C(/C#N)C(=O)COc1ccc(C(=O)c2ccccc2)cc1. The Hall–Kier alpha value is -3.39. The number of hydrogen-bond acceptors (Lipinski definition) is 5. The molecule has 5 nitrogen and oxygen atoms in total. The van der Waals surface area contributed by atoms with Gasteiger partial charge in [-0.1, -0.05) is 30.3 Å². The van der Waals surface area contributed by atoms with Crippen LogP contribution in [0.3, 0.4) is 0 Å². The topological polar surface area (TPSA) is 93.2 Å². The minimum Gasteiger partial charge on any atom is -0.485 e. The first kappa shape index (κ1) is 17.0. The van der Waals surface area contributed by atoms with Crippen molar-refractivity contribution in [3.63, 3.8) is 0 Å². The van der Waals surface area contributed by atoms with Gasteiger partial charge in [-0.25, -0.2) is 0 Å². The summed E-state index contributed by atoms with van der Waals surface area (Å²) in [7, 11) is 0. The molecule has 2 N–H and O–H groups in total. The molecule has 0 saturated carbocycles. The van der Waals surface area contributed by atoms with Crippen molar-refractivity contribution >= 4 is 11.6 Å². The summed E-state index contributed by atoms with van der Waals surface area (Å²) < 4.78 is 5.34. The molecule has 0 aromatic heterocycles. The van der Waals surface area contributed by atoms with Gasteiger partial charge in [0.1, 0.15) is 17.4 Å². The van der Waals surface area contributed by atoms with Crippen LogP contribution in [0.5, 0.6) is 5.75 Å². The van der Waals surface area contributed by atoms with Crippen molar-refractivity contribution in [1.29, 1.82) is 5.26 Å². The summed E-state index contributed by atoms with van der Waals surface area (Å²) in [4.78, 5) is 24.1. The first-order valence-corrected chi connectivity index (χ1v) is 7.25. The van der Waals surface area contributed by atoms with Gasteiger partial charge < -0.3 is 10.5 Å². The number of nitrogens with zero attached hydrogens (tertiary/aromatic N) is 1. The molecule has 0 radical (unpaired) electrons. The number of nitriles is 1. The lowest BCUT2D eigenvalue weighted by atomic mass is 10.0. The minimum atomic E-state index is -0.484. The van der Waals surface area contributed by atoms with Crippen molar-refractivity contribution in [3.8, 4) is 11.8 Å². The van der Waals surface area contributed by atoms with Gasteiger partial charge in [0.2, 0.25) is 5.78 Å². The minimum absolute atomic E-state index is 0.0910. The van der Waals surface area contributed by atoms with Gasteiger partial charge in [-0.05, 0) is 31.2 Å². The molecule has 2 aromatic carbocycles. The number of ketones is 2. The largest absolute Gasteiger partial charge is 0.485 e. The Labute approximate surface area is 140 Å². The van der Waals surface area contributed by atoms with E-state index in [1.165, 1.54) is 6.92 Å². The van der Waals surface area contributed by atoms with E-state index in [1.807, 2.05) is 6.07 Å². The number of carbonyl (C=O) groups is 2. The van der Waals surface area contributed by atoms with Gasteiger partial charge in [0.05, 0.1) is 0 Å². The van der Waals surface area contributed by atoms with Gasteiger partial charge in [-0.15, -0.1) is 0 Å². The van der Waals surface area contributed by atoms with Crippen LogP contribution in [-0.2, 0) is 4.79 Å². The fourth-order valence-corrected chi connectivity index (χ4v) is 2.05. The maximum Gasteiger partial charge on any atom is 0.212 e. The fraction of sp³-hybridized carbons (Fsp3) is 0.105. The quantitative estimate of drug-likeness (QED) is 0.501. The molecular formula is C19H16N2O3. The van der Waals surface area contributed by atoms with E-state index in [0.717, 1.165) is 0 Å². The maximum absolute atomic E-state index is 12.3. The summed E-state index contributed by atoms with van der Waals surface area (Å²) in [6, 6.07) is 17.2. The molecule has 2 rings (SSSR count). The molecule has 5 heteroatoms. The Morgan fingerprint density at radius 1 is 1.04 bits per heavy atom. The molecule has 0 unspecified atom stereocenters. The molecule has 0 spiro atoms. The van der Waals surface area contributed by atoms with Crippen LogP contribution in [0, 0.1) is 11.3 Å². The summed E-state index contributed by atoms with van der Waals surface area (Å²) in [6.45, 7) is 1.20. The molecule has 0 fully saturated rings. The highest BCUT2D eigenvalue weighted by Gasteiger charge is 2.13. The number of Topliss-reactive ketones (excluding diaryl/α,β-unsaturated/α-hetero) is 1. The molecule has 0 saturated heterocycles. The van der Waals surface area contributed by atoms with Crippen LogP contribution >= 0.6 is 0 Å². The van der Waals surface area contributed by atoms with Crippen molar-refractivity contribution in [2.24, 2.45) is 5.73 Å². The smallest absolute Gasteiger partial charge is 0.212 e. The summed E-state index contributed by atoms with van der Waals surface area (Å²) >= 11 is 0. The number of rotatable bonds is 6. The van der Waals surface area contributed by atoms with Crippen LogP contribution in [-0.4, -0.2) is 18.2 Å². The lowest BCUT2D eigenvalue weighted by Gasteiger charge is -2.07. The second-order valence-electron chi connectivity index (χ2n) is 5.10. The van der Waals surface area contributed by atoms with Gasteiger partial charge in [0.25, 0.3) is 0 Å². The Morgan fingerprint density at radius 2 is 1.62 bits per heavy atom. The normalized spacial score (nSPS) is 11.2. The number of nitrogens with two attached hydrogens (primary N) is 1. The summed E-state index contributed by atoms with van der Waals surface area (Å²) in [5.41, 5.74) is 6.65. The Kier molecular flexibility index (Phi) is 5.48. The van der Waals surface area contributed by atoms with E-state index in [1.54, 1.807) is 54.6 Å². The third-order valence-corrected chi connectivity index (χ3v) is 3.31. The highest BCUT2D eigenvalue weighted by Crippen LogP contribution is 2.16. The second kappa shape index (κ2) is 7.75. The van der Waals surface area contributed by atoms with E-state index < -0.39 is 5.78 Å². The summed E-state index contributed by atoms with van der Waals surface area (Å²) in [5, 5.41) is 8.87. The number of ether oxygens (including phenoxy) is 1. The number of benzene rings is 2. The average molecular weight is 320 g/mol. The zero-order valence-corrected chi connectivity index (χ0v) is 13.2. The van der Waals surface area contributed by atoms with Crippen molar-refractivity contribution in [1.82, 2.24) is 0 Å². The Bertz CT molecular complexity index is 812. The highest BCUT2D eigenvalue weighted by molar-refractivity contribution is 6.09. The van der Waals surface area contributed by atoms with Gasteiger partial charge in [-0.3, -0.25) is 9.59 Å². The van der Waals surface area contributed by atoms with E-state index in [0.29, 0.717) is 16.9 Å². The number of allylic oxidation sites excluding steroid dienone is 1. The molecule has 0 bridgehead atoms. The van der Waals surface area contributed by atoms with E-state index in [4.69, 9.17) is 15.7 Å². The predicted octanol–water partition coefficient (Wildman–Crippen LogP) is 2.62. The summed E-state index contributed by atoms with van der Waals surface area (Å²) in [5.74, 6) is -0.145. The molecule has 0 amide bonds. The highest BCUT2D eigenvalue weighted by atomic mass is 16.5. The van der Waals surface area contributed by atoms with Gasteiger partial charge in [0, 0.05) is 16.8 Å². The lowest BCUT2D eigenvalue weighted by Crippen LogP contribution is -2.16. The van der Waals surface area contributed by atoms with E-state index in [2.05, 4.69) is 0 Å². The van der Waals surface area contributed by atoms with Gasteiger partial charge >= 0.3 is 0 Å². The van der Waals surface area contributed by atoms with Crippen molar-refractivity contribution in [2.75, 3.05) is 6.61 Å². The first-order valence-electron chi connectivity index (χ1n) is 7.25. The van der Waals surface area contributed by atoms with E-state index in [-0.39, 0.29) is 23.7 Å². The van der Waals surface area contributed by atoms with Crippen molar-refractivity contribution in [3.05, 3.63) is 77.0 Å². The van der Waals surface area contributed by atoms with Crippen LogP contribution < -0.4 is 10.5 Å². The van der Waals surface area contributed by atoms with Crippen LogP contribution in [0.25, 0.3) is 0 Å². The monoisotopic (exact) mass is 320 g/mol. The second-order valence-corrected chi connectivity index (χ2v) is 5.10. The number of carbonyl (C=O) groups excluding carboxylic acids is 2. The van der Waals surface area contributed by atoms with E-state index >= 15 is 0 Å². The number of hydrogen-bond donors (Lipinski definition) is 1. The molecule has 0 aliphatic heterocycles. The Morgan fingerprint density at radius 3 is 2.17 bits per heavy atom. The van der Waals surface area contributed by atoms with Crippen molar-refractivity contribution < 1.29 is 14.3 Å². The first-order chi connectivity index (χ1) is 11.5. The van der Waals surface area contributed by atoms with E-state index in [9.17, 15) is 9.59 Å². The average Bonchev–Trinajstić information content (AvgIpc) is 2.61. The molecule has 24 heavy (non-hydrogen) atoms. The van der Waals surface area contributed by atoms with Crippen molar-refractivity contribution in [2.45, 2.75) is 6.92 Å². The van der Waals surface area contributed by atoms with Gasteiger partial charge in [0.15, 0.2) is 12.4 Å². The summed E-state index contributed by atoms with van der Waals surface area (Å²) in [6.07, 6.45) is 0. The third kappa shape index (κ3) is 4.08. The molecule has 0 aliphatic carbocycles. The van der Waals surface area contributed by atoms with Crippen LogP contribution in [0.2, 0.25) is 0 Å². The molecule has 120 valence electrons. The maximum atomic E-state index is 12.3. The molecule has 2 aromatic rings. The standard InChI is InChI=1S/C19H16N2O3/c1-13(21)17(11-20)18(22)12-24-16-9-7-15(8-10-16)19(23)14-5-3-2-4-6-14/h2-10H,12,21H2,1H3/b17-13+. The molecule has 0 heterocycles.